The summed E-state index contributed by atoms with van der Waals surface area (Å²) in [4.78, 5) is 9.99. The molecular weight excluding hydrogens is 432 g/mol. The Morgan fingerprint density at radius 2 is 1.97 bits per heavy atom. The number of aromatic nitrogens is 3. The fourth-order valence-corrected chi connectivity index (χ4v) is 4.39. The van der Waals surface area contributed by atoms with Crippen molar-refractivity contribution in [3.8, 4) is 28.4 Å². The molecule has 1 aromatic carbocycles. The van der Waals surface area contributed by atoms with Crippen molar-refractivity contribution in [3.05, 3.63) is 47.0 Å². The molecule has 182 valence electrons. The molecule has 0 amide bonds. The Morgan fingerprint density at radius 3 is 2.68 bits per heavy atom. The van der Waals surface area contributed by atoms with Gasteiger partial charge in [0.15, 0.2) is 5.82 Å². The smallest absolute Gasteiger partial charge is 0.160 e. The highest BCUT2D eigenvalue weighted by molar-refractivity contribution is 5.71. The predicted molar refractivity (Wildman–Crippen MR) is 130 cm³/mol. The van der Waals surface area contributed by atoms with Crippen LogP contribution in [0.2, 0.25) is 0 Å². The summed E-state index contributed by atoms with van der Waals surface area (Å²) in [6.45, 7) is 8.22. The molecule has 1 atom stereocenters. The Morgan fingerprint density at radius 1 is 1.18 bits per heavy atom. The van der Waals surface area contributed by atoms with E-state index in [1.165, 1.54) is 0 Å². The number of aliphatic hydroxyl groups is 1. The molecule has 3 heterocycles. The van der Waals surface area contributed by atoms with Crippen LogP contribution in [0.15, 0.2) is 28.8 Å². The lowest BCUT2D eigenvalue weighted by Crippen LogP contribution is -2.29. The van der Waals surface area contributed by atoms with Crippen LogP contribution in [0.25, 0.3) is 22.6 Å². The van der Waals surface area contributed by atoms with Crippen LogP contribution in [0.1, 0.15) is 35.6 Å². The van der Waals surface area contributed by atoms with Crippen molar-refractivity contribution in [2.75, 3.05) is 33.4 Å². The van der Waals surface area contributed by atoms with Gasteiger partial charge in [-0.3, -0.25) is 0 Å². The van der Waals surface area contributed by atoms with Crippen molar-refractivity contribution in [1.82, 2.24) is 20.4 Å². The van der Waals surface area contributed by atoms with Crippen molar-refractivity contribution >= 4 is 0 Å². The molecule has 8 nitrogen and oxygen atoms in total. The van der Waals surface area contributed by atoms with Crippen LogP contribution in [0.5, 0.6) is 5.75 Å². The molecule has 0 aliphatic carbocycles. The van der Waals surface area contributed by atoms with Crippen molar-refractivity contribution in [2.24, 2.45) is 5.92 Å². The lowest BCUT2D eigenvalue weighted by Gasteiger charge is -2.23. The lowest BCUT2D eigenvalue weighted by molar-refractivity contribution is 0.0662. The minimum atomic E-state index is -0.582. The number of hydrogen-bond donors (Lipinski definition) is 2. The number of likely N-dealkylation sites (N-methyl/N-ethyl adjacent to an activating group) is 1. The van der Waals surface area contributed by atoms with E-state index in [0.29, 0.717) is 24.0 Å². The molecule has 3 aromatic rings. The Bertz CT molecular complexity index is 1090. The van der Waals surface area contributed by atoms with E-state index in [9.17, 15) is 5.11 Å². The van der Waals surface area contributed by atoms with Crippen LogP contribution in [0.3, 0.4) is 0 Å². The molecule has 0 saturated carbocycles. The first kappa shape index (κ1) is 24.3. The van der Waals surface area contributed by atoms with Crippen LogP contribution in [-0.2, 0) is 11.2 Å². The normalized spacial score (nSPS) is 15.4. The van der Waals surface area contributed by atoms with Gasteiger partial charge in [-0.1, -0.05) is 17.3 Å². The number of aliphatic hydroxyl groups excluding tert-OH is 1. The van der Waals surface area contributed by atoms with E-state index >= 15 is 0 Å². The molecule has 2 N–H and O–H groups in total. The van der Waals surface area contributed by atoms with Gasteiger partial charge in [-0.2, -0.15) is 0 Å². The molecule has 0 bridgehead atoms. The van der Waals surface area contributed by atoms with E-state index in [1.807, 2.05) is 38.1 Å². The third-order valence-electron chi connectivity index (χ3n) is 6.31. The average Bonchev–Trinajstić information content (AvgIpc) is 3.18. The van der Waals surface area contributed by atoms with E-state index in [2.05, 4.69) is 17.4 Å². The van der Waals surface area contributed by atoms with Crippen LogP contribution in [-0.4, -0.2) is 59.7 Å². The van der Waals surface area contributed by atoms with Crippen molar-refractivity contribution in [3.63, 3.8) is 0 Å². The second-order valence-corrected chi connectivity index (χ2v) is 8.98. The van der Waals surface area contributed by atoms with Gasteiger partial charge in [0.05, 0.1) is 17.0 Å². The maximum absolute atomic E-state index is 9.98. The Hall–Kier alpha value is -2.81. The first-order chi connectivity index (χ1) is 16.5. The fourth-order valence-electron chi connectivity index (χ4n) is 4.39. The molecule has 1 saturated heterocycles. The van der Waals surface area contributed by atoms with Gasteiger partial charge in [-0.05, 0) is 70.7 Å². The minimum Gasteiger partial charge on any atom is -0.491 e. The topological polar surface area (TPSA) is 103 Å². The molecule has 1 aliphatic heterocycles. The summed E-state index contributed by atoms with van der Waals surface area (Å²) >= 11 is 0. The molecule has 0 unspecified atom stereocenters. The Kier molecular flexibility index (Phi) is 7.92. The third-order valence-corrected chi connectivity index (χ3v) is 6.31. The zero-order valence-electron chi connectivity index (χ0n) is 20.4. The van der Waals surface area contributed by atoms with Gasteiger partial charge in [-0.25, -0.2) is 9.97 Å². The monoisotopic (exact) mass is 466 g/mol. The third kappa shape index (κ3) is 5.63. The van der Waals surface area contributed by atoms with Gasteiger partial charge in [0, 0.05) is 31.0 Å². The molecule has 0 radical (unpaired) electrons. The van der Waals surface area contributed by atoms with E-state index in [0.717, 1.165) is 72.0 Å². The van der Waals surface area contributed by atoms with Crippen LogP contribution < -0.4 is 10.1 Å². The van der Waals surface area contributed by atoms with Crippen LogP contribution in [0.4, 0.5) is 0 Å². The SMILES string of the molecule is CNC[C@@H](O)COc1cccc(-c2nc(CC3CCOCC3)c(C)c(-c3c(C)noc3C)n2)c1. The molecule has 4 rings (SSSR count). The maximum atomic E-state index is 9.98. The number of nitrogens with zero attached hydrogens (tertiary/aromatic N) is 3. The summed E-state index contributed by atoms with van der Waals surface area (Å²) in [5.41, 5.74) is 5.57. The average molecular weight is 467 g/mol. The van der Waals surface area contributed by atoms with E-state index < -0.39 is 6.10 Å². The molecule has 1 fully saturated rings. The number of aryl methyl sites for hydroxylation is 2. The van der Waals surface area contributed by atoms with Crippen molar-refractivity contribution in [1.29, 1.82) is 0 Å². The Labute approximate surface area is 200 Å². The quantitative estimate of drug-likeness (QED) is 0.493. The molecule has 2 aromatic heterocycles. The molecule has 1 aliphatic rings. The summed E-state index contributed by atoms with van der Waals surface area (Å²) in [7, 11) is 1.80. The maximum Gasteiger partial charge on any atom is 0.160 e. The van der Waals surface area contributed by atoms with Crippen molar-refractivity contribution < 1.29 is 19.1 Å². The van der Waals surface area contributed by atoms with E-state index in [4.69, 9.17) is 24.0 Å². The highest BCUT2D eigenvalue weighted by Gasteiger charge is 2.23. The van der Waals surface area contributed by atoms with Crippen LogP contribution in [0, 0.1) is 26.7 Å². The minimum absolute atomic E-state index is 0.207. The number of hydrogen-bond acceptors (Lipinski definition) is 8. The summed E-state index contributed by atoms with van der Waals surface area (Å²) in [5, 5.41) is 17.1. The second kappa shape index (κ2) is 11.1. The second-order valence-electron chi connectivity index (χ2n) is 8.98. The van der Waals surface area contributed by atoms with E-state index in [1.54, 1.807) is 7.05 Å². The molecule has 34 heavy (non-hydrogen) atoms. The lowest BCUT2D eigenvalue weighted by atomic mass is 9.92. The Balaban J connectivity index is 1.71. The summed E-state index contributed by atoms with van der Waals surface area (Å²) in [5.74, 6) is 2.60. The van der Waals surface area contributed by atoms with Gasteiger partial charge >= 0.3 is 0 Å². The van der Waals surface area contributed by atoms with Gasteiger partial charge in [0.1, 0.15) is 24.2 Å². The van der Waals surface area contributed by atoms with Crippen LogP contribution >= 0.6 is 0 Å². The van der Waals surface area contributed by atoms with Gasteiger partial charge in [0.2, 0.25) is 0 Å². The first-order valence-corrected chi connectivity index (χ1v) is 11.9. The molecule has 8 heteroatoms. The number of ether oxygens (including phenoxy) is 2. The predicted octanol–water partition coefficient (Wildman–Crippen LogP) is 3.65. The highest BCUT2D eigenvalue weighted by atomic mass is 16.5. The van der Waals surface area contributed by atoms with Crippen molar-refractivity contribution in [2.45, 2.75) is 46.1 Å². The molecular formula is C26H34N4O4. The molecule has 0 spiro atoms. The standard InChI is InChI=1S/C26H34N4O4/c1-16-23(12-19-8-10-32-11-9-19)28-26(29-25(16)24-17(2)30-34-18(24)3)20-6-5-7-22(13-20)33-15-21(31)14-27-4/h5-7,13,19,21,27,31H,8-12,14-15H2,1-4H3/t21-/m1/s1. The zero-order valence-corrected chi connectivity index (χ0v) is 20.4. The van der Waals surface area contributed by atoms with Gasteiger partial charge < -0.3 is 24.4 Å². The summed E-state index contributed by atoms with van der Waals surface area (Å²) in [6, 6.07) is 7.71. The van der Waals surface area contributed by atoms with Gasteiger partial charge in [-0.15, -0.1) is 0 Å². The first-order valence-electron chi connectivity index (χ1n) is 11.9. The number of nitrogens with one attached hydrogen (secondary N) is 1. The number of rotatable bonds is 9. The zero-order chi connectivity index (χ0) is 24.1. The summed E-state index contributed by atoms with van der Waals surface area (Å²) in [6.07, 6.45) is 2.38. The summed E-state index contributed by atoms with van der Waals surface area (Å²) < 4.78 is 16.8. The number of benzene rings is 1. The largest absolute Gasteiger partial charge is 0.491 e. The highest BCUT2D eigenvalue weighted by Crippen LogP contribution is 2.33. The van der Waals surface area contributed by atoms with E-state index in [-0.39, 0.29) is 6.61 Å². The fraction of sp³-hybridized carbons (Fsp3) is 0.500. The van der Waals surface area contributed by atoms with Gasteiger partial charge in [0.25, 0.3) is 0 Å².